The highest BCUT2D eigenvalue weighted by atomic mass is 16.5. The lowest BCUT2D eigenvalue weighted by molar-refractivity contribution is -0.149. The molecule has 0 bridgehead atoms. The number of rotatable bonds is 6. The van der Waals surface area contributed by atoms with Crippen LogP contribution in [0.2, 0.25) is 0 Å². The predicted octanol–water partition coefficient (Wildman–Crippen LogP) is 1.96. The zero-order valence-corrected chi connectivity index (χ0v) is 10.3. The van der Waals surface area contributed by atoms with Gasteiger partial charge in [0, 0.05) is 11.5 Å². The molecule has 17 heavy (non-hydrogen) atoms. The summed E-state index contributed by atoms with van der Waals surface area (Å²) in [5.74, 6) is 0.0181. The van der Waals surface area contributed by atoms with E-state index >= 15 is 0 Å². The van der Waals surface area contributed by atoms with Crippen LogP contribution in [0.1, 0.15) is 26.2 Å². The van der Waals surface area contributed by atoms with Gasteiger partial charge in [-0.3, -0.25) is 4.79 Å². The molecule has 0 aromatic heterocycles. The van der Waals surface area contributed by atoms with Crippen LogP contribution >= 0.6 is 0 Å². The predicted molar refractivity (Wildman–Crippen MR) is 64.4 cm³/mol. The molecular formula is C11H20N4O2. The number of azide groups is 1. The molecule has 0 aromatic carbocycles. The van der Waals surface area contributed by atoms with Crippen LogP contribution < -0.4 is 0 Å². The number of carbonyl (C=O) groups is 1. The van der Waals surface area contributed by atoms with Gasteiger partial charge in [0.2, 0.25) is 0 Å². The third-order valence-electron chi connectivity index (χ3n) is 3.00. The Hall–Kier alpha value is -1.26. The van der Waals surface area contributed by atoms with E-state index in [1.807, 2.05) is 6.92 Å². The van der Waals surface area contributed by atoms with E-state index in [1.54, 1.807) is 0 Å². The van der Waals surface area contributed by atoms with Gasteiger partial charge in [0.05, 0.1) is 12.5 Å². The van der Waals surface area contributed by atoms with E-state index in [1.165, 1.54) is 0 Å². The summed E-state index contributed by atoms with van der Waals surface area (Å²) in [5, 5.41) is 3.50. The second-order valence-electron chi connectivity index (χ2n) is 4.18. The zero-order valence-electron chi connectivity index (χ0n) is 10.3. The van der Waals surface area contributed by atoms with E-state index < -0.39 is 0 Å². The van der Waals surface area contributed by atoms with E-state index in [2.05, 4.69) is 14.9 Å². The Morgan fingerprint density at radius 2 is 2.24 bits per heavy atom. The minimum absolute atomic E-state index is 0.0544. The van der Waals surface area contributed by atoms with Crippen molar-refractivity contribution < 1.29 is 9.53 Å². The fourth-order valence-electron chi connectivity index (χ4n) is 2.06. The Bertz CT molecular complexity index is 281. The van der Waals surface area contributed by atoms with Gasteiger partial charge >= 0.3 is 5.97 Å². The highest BCUT2D eigenvalue weighted by Crippen LogP contribution is 2.18. The Morgan fingerprint density at radius 1 is 1.53 bits per heavy atom. The van der Waals surface area contributed by atoms with E-state index in [0.717, 1.165) is 38.9 Å². The van der Waals surface area contributed by atoms with Gasteiger partial charge in [0.1, 0.15) is 0 Å². The van der Waals surface area contributed by atoms with Crippen molar-refractivity contribution in [2.75, 3.05) is 32.8 Å². The Labute approximate surface area is 102 Å². The van der Waals surface area contributed by atoms with Crippen LogP contribution in [0.4, 0.5) is 0 Å². The van der Waals surface area contributed by atoms with Crippen LogP contribution in [0.25, 0.3) is 10.4 Å². The normalized spacial score (nSPS) is 17.5. The smallest absolute Gasteiger partial charge is 0.309 e. The molecule has 0 spiro atoms. The molecule has 1 saturated heterocycles. The van der Waals surface area contributed by atoms with Crippen molar-refractivity contribution in [2.45, 2.75) is 26.2 Å². The largest absolute Gasteiger partial charge is 0.466 e. The molecule has 0 unspecified atom stereocenters. The van der Waals surface area contributed by atoms with Crippen LogP contribution in [-0.4, -0.2) is 43.7 Å². The number of ether oxygens (including phenoxy) is 1. The highest BCUT2D eigenvalue weighted by molar-refractivity contribution is 5.72. The Balaban J connectivity index is 2.17. The summed E-state index contributed by atoms with van der Waals surface area (Å²) in [6.07, 6.45) is 2.63. The van der Waals surface area contributed by atoms with Crippen molar-refractivity contribution in [3.05, 3.63) is 10.4 Å². The van der Waals surface area contributed by atoms with Gasteiger partial charge in [-0.15, -0.1) is 0 Å². The molecule has 1 rings (SSSR count). The van der Waals surface area contributed by atoms with Gasteiger partial charge in [-0.2, -0.15) is 0 Å². The summed E-state index contributed by atoms with van der Waals surface area (Å²) in [6.45, 7) is 5.65. The number of hydrogen-bond donors (Lipinski definition) is 0. The van der Waals surface area contributed by atoms with Crippen molar-refractivity contribution in [3.8, 4) is 0 Å². The van der Waals surface area contributed by atoms with Gasteiger partial charge in [-0.1, -0.05) is 5.11 Å². The molecule has 1 fully saturated rings. The maximum atomic E-state index is 11.5. The van der Waals surface area contributed by atoms with Crippen molar-refractivity contribution in [2.24, 2.45) is 11.0 Å². The maximum Gasteiger partial charge on any atom is 0.309 e. The van der Waals surface area contributed by atoms with E-state index in [-0.39, 0.29) is 11.9 Å². The first-order chi connectivity index (χ1) is 8.27. The lowest BCUT2D eigenvalue weighted by Gasteiger charge is -2.30. The molecular weight excluding hydrogens is 220 g/mol. The first-order valence-electron chi connectivity index (χ1n) is 6.17. The minimum Gasteiger partial charge on any atom is -0.466 e. The molecule has 1 aliphatic heterocycles. The topological polar surface area (TPSA) is 78.3 Å². The second kappa shape index (κ2) is 7.92. The Kier molecular flexibility index (Phi) is 6.43. The summed E-state index contributed by atoms with van der Waals surface area (Å²) in [6, 6.07) is 0. The van der Waals surface area contributed by atoms with Crippen molar-refractivity contribution in [3.63, 3.8) is 0 Å². The van der Waals surface area contributed by atoms with Crippen molar-refractivity contribution >= 4 is 5.97 Å². The van der Waals surface area contributed by atoms with Crippen LogP contribution in [-0.2, 0) is 9.53 Å². The summed E-state index contributed by atoms with van der Waals surface area (Å²) >= 11 is 0. The first-order valence-corrected chi connectivity index (χ1v) is 6.17. The maximum absolute atomic E-state index is 11.5. The summed E-state index contributed by atoms with van der Waals surface area (Å²) in [4.78, 5) is 16.5. The molecule has 6 heteroatoms. The zero-order chi connectivity index (χ0) is 12.5. The molecule has 1 aliphatic rings. The SMILES string of the molecule is CCOC(=O)C1CCN(CCCN=[N+]=[N-])CC1. The summed E-state index contributed by atoms with van der Waals surface area (Å²) in [7, 11) is 0. The van der Waals surface area contributed by atoms with E-state index in [4.69, 9.17) is 10.3 Å². The van der Waals surface area contributed by atoms with Crippen LogP contribution in [0.15, 0.2) is 5.11 Å². The van der Waals surface area contributed by atoms with Gasteiger partial charge in [-0.25, -0.2) is 0 Å². The van der Waals surface area contributed by atoms with Gasteiger partial charge in [-0.05, 0) is 51.4 Å². The molecule has 1 heterocycles. The minimum atomic E-state index is -0.0544. The number of piperidine rings is 1. The first kappa shape index (κ1) is 13.8. The number of hydrogen-bond acceptors (Lipinski definition) is 4. The Morgan fingerprint density at radius 3 is 2.82 bits per heavy atom. The lowest BCUT2D eigenvalue weighted by Crippen LogP contribution is -2.37. The molecule has 0 amide bonds. The number of nitrogens with zero attached hydrogens (tertiary/aromatic N) is 4. The molecule has 0 atom stereocenters. The van der Waals surface area contributed by atoms with Crippen molar-refractivity contribution in [1.29, 1.82) is 0 Å². The third kappa shape index (κ3) is 5.06. The number of likely N-dealkylation sites (tertiary alicyclic amines) is 1. The molecule has 0 aliphatic carbocycles. The average Bonchev–Trinajstić information content (AvgIpc) is 2.36. The van der Waals surface area contributed by atoms with E-state index in [9.17, 15) is 4.79 Å². The highest BCUT2D eigenvalue weighted by Gasteiger charge is 2.25. The molecule has 0 saturated carbocycles. The van der Waals surface area contributed by atoms with Crippen LogP contribution in [0.5, 0.6) is 0 Å². The van der Waals surface area contributed by atoms with Crippen molar-refractivity contribution in [1.82, 2.24) is 4.90 Å². The van der Waals surface area contributed by atoms with Crippen LogP contribution in [0.3, 0.4) is 0 Å². The van der Waals surface area contributed by atoms with Gasteiger partial charge < -0.3 is 9.64 Å². The number of carbonyl (C=O) groups excluding carboxylic acids is 1. The van der Waals surface area contributed by atoms with E-state index in [0.29, 0.717) is 13.2 Å². The van der Waals surface area contributed by atoms with Gasteiger partial charge in [0.25, 0.3) is 0 Å². The standard InChI is InChI=1S/C11H20N4O2/c1-2-17-11(16)10-4-8-15(9-5-10)7-3-6-13-14-12/h10H,2-9H2,1H3. The summed E-state index contributed by atoms with van der Waals surface area (Å²) < 4.78 is 5.02. The third-order valence-corrected chi connectivity index (χ3v) is 3.00. The average molecular weight is 240 g/mol. The molecule has 0 aromatic rings. The number of esters is 1. The molecule has 6 nitrogen and oxygen atoms in total. The monoisotopic (exact) mass is 240 g/mol. The quantitative estimate of drug-likeness (QED) is 0.234. The molecule has 0 N–H and O–H groups in total. The lowest BCUT2D eigenvalue weighted by atomic mass is 9.97. The fourth-order valence-corrected chi connectivity index (χ4v) is 2.06. The second-order valence-corrected chi connectivity index (χ2v) is 4.18. The molecule has 0 radical (unpaired) electrons. The van der Waals surface area contributed by atoms with Crippen LogP contribution in [0, 0.1) is 5.92 Å². The fraction of sp³-hybridized carbons (Fsp3) is 0.909. The summed E-state index contributed by atoms with van der Waals surface area (Å²) in [5.41, 5.74) is 8.14. The molecule has 96 valence electrons. The van der Waals surface area contributed by atoms with Gasteiger partial charge in [0.15, 0.2) is 0 Å².